The van der Waals surface area contributed by atoms with Crippen molar-refractivity contribution in [3.63, 3.8) is 0 Å². The number of carbonyl (C=O) groups is 1. The SMILES string of the molecule is NS(=O)(=O)c1ccc(C=Cc2ccc3c(c2)NC(=O)CO3)c(F)c1. The number of halogens is 1. The van der Waals surface area contributed by atoms with Crippen molar-refractivity contribution >= 4 is 33.8 Å². The van der Waals surface area contributed by atoms with Crippen molar-refractivity contribution in [2.24, 2.45) is 5.14 Å². The van der Waals surface area contributed by atoms with Crippen LogP contribution in [-0.4, -0.2) is 20.9 Å². The minimum Gasteiger partial charge on any atom is -0.482 e. The minimum atomic E-state index is -3.94. The van der Waals surface area contributed by atoms with Crippen LogP contribution in [0.1, 0.15) is 11.1 Å². The molecular formula is C16H13FN2O4S. The highest BCUT2D eigenvalue weighted by atomic mass is 32.2. The number of amides is 1. The van der Waals surface area contributed by atoms with Crippen molar-refractivity contribution in [2.45, 2.75) is 4.90 Å². The van der Waals surface area contributed by atoms with Gasteiger partial charge >= 0.3 is 0 Å². The summed E-state index contributed by atoms with van der Waals surface area (Å²) in [6.07, 6.45) is 3.13. The molecule has 1 amide bonds. The van der Waals surface area contributed by atoms with Crippen molar-refractivity contribution in [3.8, 4) is 5.75 Å². The predicted octanol–water partition coefficient (Wildman–Crippen LogP) is 1.97. The summed E-state index contributed by atoms with van der Waals surface area (Å²) in [7, 11) is -3.94. The van der Waals surface area contributed by atoms with Crippen LogP contribution in [0.3, 0.4) is 0 Å². The van der Waals surface area contributed by atoms with Crippen LogP contribution >= 0.6 is 0 Å². The van der Waals surface area contributed by atoms with Crippen molar-refractivity contribution in [1.82, 2.24) is 0 Å². The highest BCUT2D eigenvalue weighted by molar-refractivity contribution is 7.89. The number of nitrogens with one attached hydrogen (secondary N) is 1. The zero-order valence-electron chi connectivity index (χ0n) is 12.3. The number of nitrogens with two attached hydrogens (primary N) is 1. The fraction of sp³-hybridized carbons (Fsp3) is 0.0625. The molecule has 0 atom stereocenters. The second kappa shape index (κ2) is 6.06. The highest BCUT2D eigenvalue weighted by Gasteiger charge is 2.15. The van der Waals surface area contributed by atoms with Gasteiger partial charge in [0, 0.05) is 5.56 Å². The molecule has 124 valence electrons. The summed E-state index contributed by atoms with van der Waals surface area (Å²) in [5, 5.41) is 7.64. The summed E-state index contributed by atoms with van der Waals surface area (Å²) in [5.74, 6) is -0.379. The quantitative estimate of drug-likeness (QED) is 0.829. The molecule has 0 saturated carbocycles. The van der Waals surface area contributed by atoms with E-state index in [0.29, 0.717) is 11.4 Å². The molecule has 2 aromatic carbocycles. The Kier molecular flexibility index (Phi) is 4.08. The molecule has 3 N–H and O–H groups in total. The molecule has 6 nitrogen and oxygen atoms in total. The Labute approximate surface area is 137 Å². The van der Waals surface area contributed by atoms with Gasteiger partial charge in [0.1, 0.15) is 11.6 Å². The molecule has 0 saturated heterocycles. The maximum absolute atomic E-state index is 14.0. The van der Waals surface area contributed by atoms with Gasteiger partial charge < -0.3 is 10.1 Å². The Bertz CT molecular complexity index is 955. The number of sulfonamides is 1. The van der Waals surface area contributed by atoms with Gasteiger partial charge in [0.25, 0.3) is 5.91 Å². The Morgan fingerprint density at radius 3 is 2.67 bits per heavy atom. The van der Waals surface area contributed by atoms with Gasteiger partial charge in [0.05, 0.1) is 10.6 Å². The Morgan fingerprint density at radius 1 is 1.17 bits per heavy atom. The lowest BCUT2D eigenvalue weighted by molar-refractivity contribution is -0.118. The number of carbonyl (C=O) groups excluding carboxylic acids is 1. The topological polar surface area (TPSA) is 98.5 Å². The molecule has 24 heavy (non-hydrogen) atoms. The summed E-state index contributed by atoms with van der Waals surface area (Å²) in [6, 6.07) is 8.58. The summed E-state index contributed by atoms with van der Waals surface area (Å²) >= 11 is 0. The molecule has 8 heteroatoms. The molecule has 0 aliphatic carbocycles. The average Bonchev–Trinajstić information content (AvgIpc) is 2.52. The van der Waals surface area contributed by atoms with E-state index in [2.05, 4.69) is 5.32 Å². The molecule has 0 spiro atoms. The predicted molar refractivity (Wildman–Crippen MR) is 87.3 cm³/mol. The third kappa shape index (κ3) is 3.44. The first kappa shape index (κ1) is 16.2. The third-order valence-electron chi connectivity index (χ3n) is 3.39. The van der Waals surface area contributed by atoms with Crippen LogP contribution in [0.4, 0.5) is 10.1 Å². The normalized spacial score (nSPS) is 14.2. The van der Waals surface area contributed by atoms with Crippen LogP contribution in [0.5, 0.6) is 5.75 Å². The summed E-state index contributed by atoms with van der Waals surface area (Å²) in [5.41, 5.74) is 1.47. The van der Waals surface area contributed by atoms with E-state index in [1.165, 1.54) is 18.2 Å². The number of fused-ring (bicyclic) bond motifs is 1. The van der Waals surface area contributed by atoms with Gasteiger partial charge in [-0.25, -0.2) is 17.9 Å². The summed E-state index contributed by atoms with van der Waals surface area (Å²) in [6.45, 7) is -0.0240. The Hall–Kier alpha value is -2.71. The minimum absolute atomic E-state index is 0.0240. The first-order valence-corrected chi connectivity index (χ1v) is 8.45. The second-order valence-electron chi connectivity index (χ2n) is 5.15. The number of primary sulfonamides is 1. The lowest BCUT2D eigenvalue weighted by Crippen LogP contribution is -2.25. The van der Waals surface area contributed by atoms with Crippen molar-refractivity contribution in [2.75, 3.05) is 11.9 Å². The lowest BCUT2D eigenvalue weighted by Gasteiger charge is -2.17. The second-order valence-corrected chi connectivity index (χ2v) is 6.72. The fourth-order valence-electron chi connectivity index (χ4n) is 2.21. The monoisotopic (exact) mass is 348 g/mol. The van der Waals surface area contributed by atoms with Crippen molar-refractivity contribution < 1.29 is 22.3 Å². The van der Waals surface area contributed by atoms with Gasteiger partial charge in [-0.05, 0) is 29.8 Å². The molecule has 0 fully saturated rings. The standard InChI is InChI=1S/C16H13FN2O4S/c17-13-8-12(24(18,21)22)5-4-11(13)3-1-10-2-6-15-14(7-10)19-16(20)9-23-15/h1-8H,9H2,(H,19,20)(H2,18,21,22). The molecule has 2 aromatic rings. The van der Waals surface area contributed by atoms with Gasteiger partial charge in [-0.15, -0.1) is 0 Å². The smallest absolute Gasteiger partial charge is 0.262 e. The average molecular weight is 348 g/mol. The number of anilines is 1. The van der Waals surface area contributed by atoms with E-state index in [0.717, 1.165) is 11.6 Å². The zero-order chi connectivity index (χ0) is 17.3. The highest BCUT2D eigenvalue weighted by Crippen LogP contribution is 2.29. The van der Waals surface area contributed by atoms with Gasteiger partial charge in [-0.2, -0.15) is 0 Å². The molecule has 0 aromatic heterocycles. The van der Waals surface area contributed by atoms with Crippen LogP contribution in [0.15, 0.2) is 41.3 Å². The Morgan fingerprint density at radius 2 is 1.96 bits per heavy atom. The number of hydrogen-bond donors (Lipinski definition) is 2. The van der Waals surface area contributed by atoms with E-state index in [1.807, 2.05) is 0 Å². The van der Waals surface area contributed by atoms with Gasteiger partial charge in [-0.3, -0.25) is 4.79 Å². The molecule has 0 bridgehead atoms. The van der Waals surface area contributed by atoms with Crippen molar-refractivity contribution in [1.29, 1.82) is 0 Å². The van der Waals surface area contributed by atoms with Gasteiger partial charge in [-0.1, -0.05) is 24.3 Å². The maximum Gasteiger partial charge on any atom is 0.262 e. The van der Waals surface area contributed by atoms with E-state index in [-0.39, 0.29) is 23.0 Å². The van der Waals surface area contributed by atoms with E-state index in [4.69, 9.17) is 9.88 Å². The summed E-state index contributed by atoms with van der Waals surface area (Å²) < 4.78 is 41.6. The van der Waals surface area contributed by atoms with E-state index in [9.17, 15) is 17.6 Å². The zero-order valence-corrected chi connectivity index (χ0v) is 13.1. The van der Waals surface area contributed by atoms with E-state index in [1.54, 1.807) is 24.3 Å². The number of hydrogen-bond acceptors (Lipinski definition) is 4. The molecule has 0 unspecified atom stereocenters. The molecule has 1 aliphatic rings. The largest absolute Gasteiger partial charge is 0.482 e. The molecule has 0 radical (unpaired) electrons. The van der Waals surface area contributed by atoms with E-state index < -0.39 is 15.8 Å². The summed E-state index contributed by atoms with van der Waals surface area (Å²) in [4.78, 5) is 11.0. The number of rotatable bonds is 3. The van der Waals surface area contributed by atoms with Crippen LogP contribution in [0.2, 0.25) is 0 Å². The fourth-order valence-corrected chi connectivity index (χ4v) is 2.74. The number of benzene rings is 2. The Balaban J connectivity index is 1.86. The lowest BCUT2D eigenvalue weighted by atomic mass is 10.1. The maximum atomic E-state index is 14.0. The van der Waals surface area contributed by atoms with Gasteiger partial charge in [0.15, 0.2) is 6.61 Å². The number of ether oxygens (including phenoxy) is 1. The van der Waals surface area contributed by atoms with Gasteiger partial charge in [0.2, 0.25) is 10.0 Å². The van der Waals surface area contributed by atoms with Crippen LogP contribution in [0.25, 0.3) is 12.2 Å². The van der Waals surface area contributed by atoms with Crippen LogP contribution in [0, 0.1) is 5.82 Å². The first-order chi connectivity index (χ1) is 11.3. The molecule has 1 heterocycles. The van der Waals surface area contributed by atoms with Crippen LogP contribution < -0.4 is 15.2 Å². The molecule has 3 rings (SSSR count). The molecular weight excluding hydrogens is 335 g/mol. The first-order valence-electron chi connectivity index (χ1n) is 6.90. The van der Waals surface area contributed by atoms with Crippen LogP contribution in [-0.2, 0) is 14.8 Å². The van der Waals surface area contributed by atoms with E-state index >= 15 is 0 Å². The third-order valence-corrected chi connectivity index (χ3v) is 4.30. The molecule has 1 aliphatic heterocycles. The van der Waals surface area contributed by atoms with Crippen molar-refractivity contribution in [3.05, 3.63) is 53.3 Å².